The Morgan fingerprint density at radius 2 is 1.87 bits per heavy atom. The van der Waals surface area contributed by atoms with Crippen molar-refractivity contribution < 1.29 is 4.79 Å². The third-order valence-electron chi connectivity index (χ3n) is 2.93. The van der Waals surface area contributed by atoms with Crippen LogP contribution in [0.3, 0.4) is 0 Å². The lowest BCUT2D eigenvalue weighted by molar-refractivity contribution is -0.123. The molecule has 0 aliphatic rings. The van der Waals surface area contributed by atoms with Crippen LogP contribution in [0.2, 0.25) is 0 Å². The zero-order valence-electron chi connectivity index (χ0n) is 9.36. The van der Waals surface area contributed by atoms with E-state index in [9.17, 15) is 4.79 Å². The van der Waals surface area contributed by atoms with Crippen molar-refractivity contribution in [2.24, 2.45) is 5.73 Å². The number of ketones is 1. The average Bonchev–Trinajstić information content (AvgIpc) is 2.29. The second-order valence-electron chi connectivity index (χ2n) is 3.82. The summed E-state index contributed by atoms with van der Waals surface area (Å²) in [6.07, 6.45) is 5.17. The molecule has 0 bridgehead atoms. The Hall–Kier alpha value is -1.22. The summed E-state index contributed by atoms with van der Waals surface area (Å²) in [6.45, 7) is 3.90. The summed E-state index contributed by atoms with van der Waals surface area (Å²) in [6, 6.07) is 3.70. The van der Waals surface area contributed by atoms with E-state index in [2.05, 4.69) is 4.98 Å². The fraction of sp³-hybridized carbons (Fsp3) is 0.500. The van der Waals surface area contributed by atoms with E-state index < -0.39 is 5.54 Å². The summed E-state index contributed by atoms with van der Waals surface area (Å²) in [7, 11) is 0. The largest absolute Gasteiger partial charge is 0.319 e. The standard InChI is InChI=1S/C12H18N2O/c1-3-12(13,4-2)11(15)9-10-5-7-14-8-6-10/h5-8H,3-4,9,13H2,1-2H3. The van der Waals surface area contributed by atoms with Gasteiger partial charge in [0.2, 0.25) is 0 Å². The molecule has 0 aliphatic heterocycles. The van der Waals surface area contributed by atoms with Crippen LogP contribution in [0.5, 0.6) is 0 Å². The van der Waals surface area contributed by atoms with Crippen LogP contribution in [0.4, 0.5) is 0 Å². The number of nitrogens with zero attached hydrogens (tertiary/aromatic N) is 1. The van der Waals surface area contributed by atoms with E-state index >= 15 is 0 Å². The van der Waals surface area contributed by atoms with E-state index in [1.54, 1.807) is 12.4 Å². The maximum absolute atomic E-state index is 12.0. The van der Waals surface area contributed by atoms with E-state index in [0.29, 0.717) is 19.3 Å². The number of aromatic nitrogens is 1. The molecule has 82 valence electrons. The van der Waals surface area contributed by atoms with Crippen LogP contribution in [0.15, 0.2) is 24.5 Å². The molecular weight excluding hydrogens is 188 g/mol. The van der Waals surface area contributed by atoms with Gasteiger partial charge >= 0.3 is 0 Å². The van der Waals surface area contributed by atoms with E-state index in [1.807, 2.05) is 26.0 Å². The van der Waals surface area contributed by atoms with Crippen LogP contribution in [0.25, 0.3) is 0 Å². The first-order valence-corrected chi connectivity index (χ1v) is 5.33. The molecule has 15 heavy (non-hydrogen) atoms. The number of rotatable bonds is 5. The van der Waals surface area contributed by atoms with Crippen LogP contribution in [0.1, 0.15) is 32.3 Å². The second-order valence-corrected chi connectivity index (χ2v) is 3.82. The van der Waals surface area contributed by atoms with Gasteiger partial charge < -0.3 is 5.73 Å². The lowest BCUT2D eigenvalue weighted by Gasteiger charge is -2.24. The van der Waals surface area contributed by atoms with Crippen LogP contribution in [-0.4, -0.2) is 16.3 Å². The smallest absolute Gasteiger partial charge is 0.156 e. The highest BCUT2D eigenvalue weighted by Crippen LogP contribution is 2.15. The molecule has 0 saturated heterocycles. The monoisotopic (exact) mass is 206 g/mol. The third kappa shape index (κ3) is 2.86. The zero-order valence-corrected chi connectivity index (χ0v) is 9.36. The van der Waals surface area contributed by atoms with Gasteiger partial charge in [-0.2, -0.15) is 0 Å². The summed E-state index contributed by atoms with van der Waals surface area (Å²) in [4.78, 5) is 15.9. The van der Waals surface area contributed by atoms with Crippen molar-refractivity contribution in [3.63, 3.8) is 0 Å². The zero-order chi connectivity index (χ0) is 11.3. The molecule has 0 aliphatic carbocycles. The molecule has 0 unspecified atom stereocenters. The lowest BCUT2D eigenvalue weighted by atomic mass is 9.86. The first kappa shape index (κ1) is 11.9. The Morgan fingerprint density at radius 3 is 2.33 bits per heavy atom. The van der Waals surface area contributed by atoms with E-state index in [4.69, 9.17) is 5.73 Å². The maximum Gasteiger partial charge on any atom is 0.156 e. The topological polar surface area (TPSA) is 56.0 Å². The Kier molecular flexibility index (Phi) is 3.97. The van der Waals surface area contributed by atoms with E-state index in [1.165, 1.54) is 0 Å². The van der Waals surface area contributed by atoms with Gasteiger partial charge in [0.05, 0.1) is 5.54 Å². The highest BCUT2D eigenvalue weighted by molar-refractivity contribution is 5.89. The van der Waals surface area contributed by atoms with Crippen LogP contribution >= 0.6 is 0 Å². The Bertz CT molecular complexity index is 318. The molecule has 3 nitrogen and oxygen atoms in total. The van der Waals surface area contributed by atoms with Gasteiger partial charge in [0.25, 0.3) is 0 Å². The number of carbonyl (C=O) groups excluding carboxylic acids is 1. The predicted octanol–water partition coefficient (Wildman–Crippen LogP) is 1.71. The van der Waals surface area contributed by atoms with Gasteiger partial charge in [-0.1, -0.05) is 13.8 Å². The Morgan fingerprint density at radius 1 is 1.33 bits per heavy atom. The second kappa shape index (κ2) is 5.03. The third-order valence-corrected chi connectivity index (χ3v) is 2.93. The molecule has 0 atom stereocenters. The average molecular weight is 206 g/mol. The van der Waals surface area contributed by atoms with Crippen molar-refractivity contribution in [2.75, 3.05) is 0 Å². The summed E-state index contributed by atoms with van der Waals surface area (Å²) in [5.41, 5.74) is 6.34. The summed E-state index contributed by atoms with van der Waals surface area (Å²) in [5.74, 6) is 0.110. The summed E-state index contributed by atoms with van der Waals surface area (Å²) in [5, 5.41) is 0. The van der Waals surface area contributed by atoms with Gasteiger partial charge in [0.15, 0.2) is 5.78 Å². The molecule has 0 fully saturated rings. The SMILES string of the molecule is CCC(N)(CC)C(=O)Cc1ccncc1. The normalized spacial score (nSPS) is 11.4. The number of hydrogen-bond acceptors (Lipinski definition) is 3. The fourth-order valence-electron chi connectivity index (χ4n) is 1.51. The molecule has 0 aromatic carbocycles. The molecule has 1 rings (SSSR count). The first-order chi connectivity index (χ1) is 7.12. The summed E-state index contributed by atoms with van der Waals surface area (Å²) >= 11 is 0. The van der Waals surface area contributed by atoms with Crippen molar-refractivity contribution in [1.82, 2.24) is 4.98 Å². The van der Waals surface area contributed by atoms with E-state index in [0.717, 1.165) is 5.56 Å². The minimum atomic E-state index is -0.663. The highest BCUT2D eigenvalue weighted by atomic mass is 16.1. The van der Waals surface area contributed by atoms with Gasteiger partial charge in [-0.05, 0) is 30.5 Å². The van der Waals surface area contributed by atoms with Crippen molar-refractivity contribution >= 4 is 5.78 Å². The lowest BCUT2D eigenvalue weighted by Crippen LogP contribution is -2.47. The number of hydrogen-bond donors (Lipinski definition) is 1. The Balaban J connectivity index is 2.71. The fourth-order valence-corrected chi connectivity index (χ4v) is 1.51. The molecular formula is C12H18N2O. The predicted molar refractivity (Wildman–Crippen MR) is 60.4 cm³/mol. The molecule has 0 radical (unpaired) electrons. The molecule has 1 heterocycles. The van der Waals surface area contributed by atoms with Gasteiger partial charge in [-0.25, -0.2) is 0 Å². The van der Waals surface area contributed by atoms with Crippen molar-refractivity contribution in [3.05, 3.63) is 30.1 Å². The first-order valence-electron chi connectivity index (χ1n) is 5.33. The quantitative estimate of drug-likeness (QED) is 0.798. The van der Waals surface area contributed by atoms with Crippen molar-refractivity contribution in [2.45, 2.75) is 38.6 Å². The minimum absolute atomic E-state index is 0.110. The van der Waals surface area contributed by atoms with Gasteiger partial charge in [-0.3, -0.25) is 9.78 Å². The number of carbonyl (C=O) groups is 1. The van der Waals surface area contributed by atoms with Crippen LogP contribution in [0, 0.1) is 0 Å². The molecule has 0 spiro atoms. The summed E-state index contributed by atoms with van der Waals surface area (Å²) < 4.78 is 0. The van der Waals surface area contributed by atoms with Gasteiger partial charge in [0.1, 0.15) is 0 Å². The molecule has 1 aromatic rings. The van der Waals surface area contributed by atoms with Crippen molar-refractivity contribution in [3.8, 4) is 0 Å². The molecule has 3 heteroatoms. The molecule has 2 N–H and O–H groups in total. The molecule has 0 saturated carbocycles. The molecule has 1 aromatic heterocycles. The Labute approximate surface area is 90.7 Å². The van der Waals surface area contributed by atoms with E-state index in [-0.39, 0.29) is 5.78 Å². The van der Waals surface area contributed by atoms with Gasteiger partial charge in [0, 0.05) is 18.8 Å². The molecule has 0 amide bonds. The van der Waals surface area contributed by atoms with Gasteiger partial charge in [-0.15, -0.1) is 0 Å². The highest BCUT2D eigenvalue weighted by Gasteiger charge is 2.29. The number of pyridine rings is 1. The number of nitrogens with two attached hydrogens (primary N) is 1. The van der Waals surface area contributed by atoms with Crippen LogP contribution < -0.4 is 5.73 Å². The minimum Gasteiger partial charge on any atom is -0.319 e. The van der Waals surface area contributed by atoms with Crippen molar-refractivity contribution in [1.29, 1.82) is 0 Å². The maximum atomic E-state index is 12.0. The van der Waals surface area contributed by atoms with Crippen LogP contribution in [-0.2, 0) is 11.2 Å². The number of Topliss-reactive ketones (excluding diaryl/α,β-unsaturated/α-hetero) is 1.